The molecule has 15 N–H and O–H groups in total. The number of amides is 9. The Morgan fingerprint density at radius 3 is 1.97 bits per heavy atom. The third kappa shape index (κ3) is 17.5. The molecule has 23 heteroatoms. The predicted octanol–water partition coefficient (Wildman–Crippen LogP) is -1.75. The second kappa shape index (κ2) is 26.5. The number of aromatic amines is 2. The highest BCUT2D eigenvalue weighted by Gasteiger charge is 2.33. The van der Waals surface area contributed by atoms with Crippen LogP contribution in [0.4, 0.5) is 0 Å². The molecule has 0 radical (unpaired) electrons. The van der Waals surface area contributed by atoms with Gasteiger partial charge in [0, 0.05) is 48.3 Å². The van der Waals surface area contributed by atoms with Gasteiger partial charge in [0.2, 0.25) is 53.2 Å². The van der Waals surface area contributed by atoms with Crippen molar-refractivity contribution in [2.45, 2.75) is 115 Å². The number of rotatable bonds is 28. The normalized spacial score (nSPS) is 14.4. The molecule has 2 aromatic heterocycles. The van der Waals surface area contributed by atoms with Gasteiger partial charge in [0.1, 0.15) is 36.3 Å². The molecule has 3 rings (SSSR count). The number of para-hydroxylation sites is 1. The fourth-order valence-electron chi connectivity index (χ4n) is 6.75. The summed E-state index contributed by atoms with van der Waals surface area (Å²) in [6.45, 7) is 7.79. The molecule has 0 unspecified atom stereocenters. The van der Waals surface area contributed by atoms with E-state index in [0.717, 1.165) is 10.9 Å². The number of nitrogens with zero attached hydrogens (tertiary/aromatic N) is 1. The Bertz CT molecular complexity index is 2150. The van der Waals surface area contributed by atoms with Crippen molar-refractivity contribution in [2.24, 2.45) is 29.0 Å². The van der Waals surface area contributed by atoms with Crippen molar-refractivity contribution in [2.75, 3.05) is 18.6 Å². The number of fused-ring (bicyclic) bond motifs is 1. The number of primary amides is 2. The summed E-state index contributed by atoms with van der Waals surface area (Å²) >= 11 is 1.48. The first-order valence-electron chi connectivity index (χ1n) is 21.6. The van der Waals surface area contributed by atoms with Crippen LogP contribution in [0.3, 0.4) is 0 Å². The Labute approximate surface area is 387 Å². The maximum absolute atomic E-state index is 13.8. The summed E-state index contributed by atoms with van der Waals surface area (Å²) in [5.41, 5.74) is 18.7. The van der Waals surface area contributed by atoms with E-state index in [9.17, 15) is 43.2 Å². The van der Waals surface area contributed by atoms with Gasteiger partial charge in [-0.15, -0.1) is 0 Å². The molecule has 1 aromatic carbocycles. The number of benzene rings is 1. The van der Waals surface area contributed by atoms with Crippen molar-refractivity contribution in [3.05, 3.63) is 54.2 Å². The summed E-state index contributed by atoms with van der Waals surface area (Å²) in [6.07, 6.45) is 6.62. The van der Waals surface area contributed by atoms with Gasteiger partial charge >= 0.3 is 0 Å². The third-order valence-electron chi connectivity index (χ3n) is 10.4. The fraction of sp³-hybridized carbons (Fsp3) is 0.535. The van der Waals surface area contributed by atoms with Crippen LogP contribution in [-0.2, 0) is 56.0 Å². The highest BCUT2D eigenvalue weighted by molar-refractivity contribution is 7.98. The minimum Gasteiger partial charge on any atom is -0.370 e. The summed E-state index contributed by atoms with van der Waals surface area (Å²) < 4.78 is 0. The Balaban J connectivity index is 1.68. The second-order valence-corrected chi connectivity index (χ2v) is 17.7. The van der Waals surface area contributed by atoms with Crippen LogP contribution in [0.25, 0.3) is 10.9 Å². The number of nitrogens with two attached hydrogens (primary N) is 3. The average molecular weight is 940 g/mol. The number of aromatic nitrogens is 3. The summed E-state index contributed by atoms with van der Waals surface area (Å²) in [7, 11) is 0. The Morgan fingerprint density at radius 2 is 1.35 bits per heavy atom. The first kappa shape index (κ1) is 53.8. The van der Waals surface area contributed by atoms with Crippen molar-refractivity contribution in [1.82, 2.24) is 52.2 Å². The van der Waals surface area contributed by atoms with Gasteiger partial charge in [-0.05, 0) is 61.7 Å². The van der Waals surface area contributed by atoms with Crippen LogP contribution in [0.1, 0.15) is 71.6 Å². The minimum absolute atomic E-state index is 0.00564. The number of thioether (sulfide) groups is 1. The molecule has 0 aliphatic rings. The quantitative estimate of drug-likeness (QED) is 0.0386. The van der Waals surface area contributed by atoms with Crippen LogP contribution >= 0.6 is 11.8 Å². The van der Waals surface area contributed by atoms with Crippen molar-refractivity contribution < 1.29 is 43.2 Å². The first-order valence-corrected chi connectivity index (χ1v) is 23.0. The van der Waals surface area contributed by atoms with Gasteiger partial charge in [0.05, 0.1) is 18.9 Å². The summed E-state index contributed by atoms with van der Waals surface area (Å²) in [4.78, 5) is 128. The van der Waals surface area contributed by atoms with Crippen LogP contribution < -0.4 is 54.4 Å². The third-order valence-corrected chi connectivity index (χ3v) is 11.1. The zero-order valence-electron chi connectivity index (χ0n) is 38.2. The van der Waals surface area contributed by atoms with Crippen LogP contribution in [0.2, 0.25) is 0 Å². The van der Waals surface area contributed by atoms with E-state index < -0.39 is 108 Å². The predicted molar refractivity (Wildman–Crippen MR) is 247 cm³/mol. The number of carbonyl (C=O) groups is 9. The van der Waals surface area contributed by atoms with E-state index in [4.69, 9.17) is 17.2 Å². The first-order chi connectivity index (χ1) is 31.2. The lowest BCUT2D eigenvalue weighted by atomic mass is 10.0. The number of nitrogens with one attached hydrogen (secondary N) is 9. The minimum atomic E-state index is -1.25. The van der Waals surface area contributed by atoms with E-state index in [1.54, 1.807) is 20.0 Å². The Kier molecular flexibility index (Phi) is 21.6. The molecule has 22 nitrogen and oxygen atoms in total. The highest BCUT2D eigenvalue weighted by atomic mass is 32.2. The van der Waals surface area contributed by atoms with Gasteiger partial charge in [0.25, 0.3) is 0 Å². The van der Waals surface area contributed by atoms with Gasteiger partial charge in [-0.2, -0.15) is 11.8 Å². The maximum Gasteiger partial charge on any atom is 0.243 e. The molecule has 0 aliphatic heterocycles. The van der Waals surface area contributed by atoms with Gasteiger partial charge in [0.15, 0.2) is 0 Å². The smallest absolute Gasteiger partial charge is 0.243 e. The number of hydrogen-bond donors (Lipinski definition) is 12. The number of H-pyrrole nitrogens is 2. The number of hydrogen-bond acceptors (Lipinski definition) is 12. The zero-order chi connectivity index (χ0) is 49.1. The molecule has 7 atom stereocenters. The average Bonchev–Trinajstić information content (AvgIpc) is 3.93. The molecule has 0 fully saturated rings. The molecule has 0 aliphatic carbocycles. The Morgan fingerprint density at radius 1 is 0.712 bits per heavy atom. The van der Waals surface area contributed by atoms with Gasteiger partial charge in [-0.1, -0.05) is 45.9 Å². The molecular formula is C43H65N13O9S. The van der Waals surface area contributed by atoms with E-state index in [1.807, 2.05) is 44.4 Å². The molecule has 0 spiro atoms. The highest BCUT2D eigenvalue weighted by Crippen LogP contribution is 2.19. The van der Waals surface area contributed by atoms with Crippen LogP contribution in [-0.4, -0.2) is 129 Å². The molecule has 3 aromatic rings. The second-order valence-electron chi connectivity index (χ2n) is 16.8. The van der Waals surface area contributed by atoms with Gasteiger partial charge < -0.3 is 64.4 Å². The summed E-state index contributed by atoms with van der Waals surface area (Å²) in [5.74, 6) is -6.41. The molecule has 2 heterocycles. The van der Waals surface area contributed by atoms with Gasteiger partial charge in [-0.25, -0.2) is 4.98 Å². The number of imidazole rings is 1. The summed E-state index contributed by atoms with van der Waals surface area (Å²) in [6, 6.07) is -0.720. The monoisotopic (exact) mass is 939 g/mol. The van der Waals surface area contributed by atoms with Crippen LogP contribution in [0, 0.1) is 11.8 Å². The van der Waals surface area contributed by atoms with E-state index in [1.165, 1.54) is 31.2 Å². The van der Waals surface area contributed by atoms with Gasteiger partial charge in [-0.3, -0.25) is 43.2 Å². The Hall–Kier alpha value is -6.49. The van der Waals surface area contributed by atoms with E-state index >= 15 is 0 Å². The lowest BCUT2D eigenvalue weighted by molar-refractivity contribution is -0.135. The van der Waals surface area contributed by atoms with E-state index in [2.05, 4.69) is 52.2 Å². The summed E-state index contributed by atoms with van der Waals surface area (Å²) in [5, 5.41) is 19.0. The molecule has 0 bridgehead atoms. The van der Waals surface area contributed by atoms with Crippen molar-refractivity contribution in [1.29, 1.82) is 0 Å². The molecule has 9 amide bonds. The zero-order valence-corrected chi connectivity index (χ0v) is 39.0. The van der Waals surface area contributed by atoms with Crippen LogP contribution in [0.15, 0.2) is 43.0 Å². The standard InChI is InChI=1S/C43H65N13O9S/c1-22(2)15-31(41(63)53-30(37(46)59)13-14-66-6)55-42(64)33(17-26-19-47-21-50-26)52-35(58)20-49-43(65)36(23(3)4)56-38(60)24(5)51-40(62)32(54-39(61)28(44)11-12-34(45)57)16-25-18-48-29-10-8-7-9-27(25)29/h7-10,18-19,21-24,28,30-33,36,48H,11-17,20,44H2,1-6H3,(H2,45,57)(H2,46,59)(H,47,50)(H,49,65)(H,51,62)(H,52,58)(H,53,63)(H,54,61)(H,55,64)(H,56,60)/t24-,28-,30-,31-,32-,33-,36-/m0/s1. The lowest BCUT2D eigenvalue weighted by Gasteiger charge is -2.26. The molecule has 362 valence electrons. The van der Waals surface area contributed by atoms with Crippen LogP contribution in [0.5, 0.6) is 0 Å². The fourth-order valence-corrected chi connectivity index (χ4v) is 7.22. The van der Waals surface area contributed by atoms with E-state index in [0.29, 0.717) is 23.4 Å². The maximum atomic E-state index is 13.8. The largest absolute Gasteiger partial charge is 0.370 e. The van der Waals surface area contributed by atoms with Crippen molar-refractivity contribution in [3.63, 3.8) is 0 Å². The van der Waals surface area contributed by atoms with Crippen molar-refractivity contribution >= 4 is 75.8 Å². The molecule has 0 saturated heterocycles. The van der Waals surface area contributed by atoms with Crippen molar-refractivity contribution in [3.8, 4) is 0 Å². The molecular weight excluding hydrogens is 875 g/mol. The SMILES string of the molecule is CSCC[C@H](NC(=O)[C@H](CC(C)C)NC(=O)[C@H](Cc1cnc[nH]1)NC(=O)CNC(=O)[C@@H](NC(=O)[C@H](C)NC(=O)[C@H](Cc1c[nH]c2ccccc12)NC(=O)[C@@H](N)CCC(N)=O)C(C)C)C(N)=O. The number of carbonyl (C=O) groups excluding carboxylic acids is 9. The molecule has 0 saturated carbocycles. The lowest BCUT2D eigenvalue weighted by Crippen LogP contribution is -2.59. The topological polar surface area (TPSA) is 360 Å². The van der Waals surface area contributed by atoms with E-state index in [-0.39, 0.29) is 38.0 Å². The molecule has 66 heavy (non-hydrogen) atoms.